The van der Waals surface area contributed by atoms with Gasteiger partial charge in [0.15, 0.2) is 5.96 Å². The molecule has 1 aromatic heterocycles. The molecule has 8 nitrogen and oxygen atoms in total. The maximum absolute atomic E-state index is 12.4. The lowest BCUT2D eigenvalue weighted by Gasteiger charge is -2.34. The third-order valence-electron chi connectivity index (χ3n) is 4.11. The molecular weight excluding hydrogens is 502 g/mol. The Hall–Kier alpha value is -1.86. The fourth-order valence-electron chi connectivity index (χ4n) is 2.69. The minimum atomic E-state index is -4.23. The Balaban J connectivity index is 0.00000420. The molecule has 0 spiro atoms. The van der Waals surface area contributed by atoms with E-state index in [0.29, 0.717) is 45.2 Å². The second-order valence-electron chi connectivity index (χ2n) is 6.22. The van der Waals surface area contributed by atoms with Crippen molar-refractivity contribution in [2.75, 3.05) is 50.7 Å². The first kappa shape index (κ1) is 25.2. The molecule has 0 atom stereocenters. The summed E-state index contributed by atoms with van der Waals surface area (Å²) in [5.41, 5.74) is 0. The summed E-state index contributed by atoms with van der Waals surface area (Å²) >= 11 is 0. The lowest BCUT2D eigenvalue weighted by molar-refractivity contribution is -0.132. The van der Waals surface area contributed by atoms with Crippen LogP contribution in [-0.4, -0.2) is 78.7 Å². The van der Waals surface area contributed by atoms with Crippen LogP contribution < -0.4 is 15.5 Å². The van der Waals surface area contributed by atoms with Gasteiger partial charge in [-0.15, -0.1) is 24.0 Å². The number of carbonyl (C=O) groups is 1. The number of halogens is 4. The van der Waals surface area contributed by atoms with Gasteiger partial charge >= 0.3 is 6.18 Å². The van der Waals surface area contributed by atoms with Gasteiger partial charge in [0, 0.05) is 58.1 Å². The number of nitrogens with one attached hydrogen (secondary N) is 2. The number of hydrogen-bond donors (Lipinski definition) is 2. The lowest BCUT2D eigenvalue weighted by atomic mass is 10.3. The van der Waals surface area contributed by atoms with Crippen LogP contribution in [0.25, 0.3) is 0 Å². The van der Waals surface area contributed by atoms with E-state index >= 15 is 0 Å². The van der Waals surface area contributed by atoms with Crippen LogP contribution in [0.15, 0.2) is 23.5 Å². The number of alkyl halides is 3. The van der Waals surface area contributed by atoms with E-state index in [0.717, 1.165) is 0 Å². The number of anilines is 1. The van der Waals surface area contributed by atoms with E-state index in [1.807, 2.05) is 11.8 Å². The highest BCUT2D eigenvalue weighted by atomic mass is 127. The molecule has 2 N–H and O–H groups in total. The van der Waals surface area contributed by atoms with E-state index in [9.17, 15) is 18.0 Å². The number of amides is 1. The average molecular weight is 529 g/mol. The average Bonchev–Trinajstić information content (AvgIpc) is 2.68. The zero-order valence-corrected chi connectivity index (χ0v) is 18.6. The van der Waals surface area contributed by atoms with Crippen molar-refractivity contribution in [3.8, 4) is 0 Å². The Morgan fingerprint density at radius 3 is 2.41 bits per heavy atom. The summed E-state index contributed by atoms with van der Waals surface area (Å²) in [4.78, 5) is 28.5. The zero-order chi connectivity index (χ0) is 20.4. The summed E-state index contributed by atoms with van der Waals surface area (Å²) in [6, 6.07) is 1.75. The predicted octanol–water partition coefficient (Wildman–Crippen LogP) is 1.64. The second-order valence-corrected chi connectivity index (χ2v) is 6.22. The molecule has 164 valence electrons. The molecule has 1 aliphatic rings. The first-order valence-electron chi connectivity index (χ1n) is 9.27. The number of guanidine groups is 1. The van der Waals surface area contributed by atoms with Gasteiger partial charge in [0.1, 0.15) is 0 Å². The summed E-state index contributed by atoms with van der Waals surface area (Å²) < 4.78 is 36.7. The van der Waals surface area contributed by atoms with Crippen molar-refractivity contribution in [3.63, 3.8) is 0 Å². The topological polar surface area (TPSA) is 85.8 Å². The molecule has 1 amide bonds. The van der Waals surface area contributed by atoms with Crippen molar-refractivity contribution in [1.82, 2.24) is 25.5 Å². The second kappa shape index (κ2) is 12.6. The van der Waals surface area contributed by atoms with Gasteiger partial charge in [0.05, 0.1) is 13.0 Å². The van der Waals surface area contributed by atoms with Crippen molar-refractivity contribution >= 4 is 41.8 Å². The third-order valence-corrected chi connectivity index (χ3v) is 4.11. The molecule has 0 radical (unpaired) electrons. The highest BCUT2D eigenvalue weighted by Crippen LogP contribution is 2.18. The van der Waals surface area contributed by atoms with E-state index in [-0.39, 0.29) is 48.8 Å². The van der Waals surface area contributed by atoms with E-state index in [1.165, 1.54) is 0 Å². The molecule has 2 heterocycles. The molecule has 1 saturated heterocycles. The summed E-state index contributed by atoms with van der Waals surface area (Å²) in [6.07, 6.45) is -1.60. The minimum absolute atomic E-state index is 0. The zero-order valence-electron chi connectivity index (χ0n) is 16.3. The van der Waals surface area contributed by atoms with Gasteiger partial charge in [-0.2, -0.15) is 13.2 Å². The normalized spacial score (nSPS) is 15.0. The van der Waals surface area contributed by atoms with Crippen LogP contribution in [0.3, 0.4) is 0 Å². The van der Waals surface area contributed by atoms with Crippen LogP contribution in [0.5, 0.6) is 0 Å². The fraction of sp³-hybridized carbons (Fsp3) is 0.647. The first-order chi connectivity index (χ1) is 13.4. The Kier molecular flexibility index (Phi) is 11.0. The Labute approximate surface area is 185 Å². The maximum Gasteiger partial charge on any atom is 0.390 e. The van der Waals surface area contributed by atoms with Gasteiger partial charge in [-0.05, 0) is 13.0 Å². The predicted molar refractivity (Wildman–Crippen MR) is 116 cm³/mol. The number of piperazine rings is 1. The third kappa shape index (κ3) is 9.45. The molecule has 29 heavy (non-hydrogen) atoms. The first-order valence-corrected chi connectivity index (χ1v) is 9.27. The van der Waals surface area contributed by atoms with Crippen LogP contribution in [-0.2, 0) is 4.79 Å². The molecule has 1 aliphatic heterocycles. The summed E-state index contributed by atoms with van der Waals surface area (Å²) in [7, 11) is 0. The molecule has 0 aliphatic carbocycles. The largest absolute Gasteiger partial charge is 0.390 e. The monoisotopic (exact) mass is 529 g/mol. The van der Waals surface area contributed by atoms with Gasteiger partial charge in [-0.25, -0.2) is 9.97 Å². The molecule has 0 bridgehead atoms. The Morgan fingerprint density at radius 1 is 1.17 bits per heavy atom. The smallest absolute Gasteiger partial charge is 0.357 e. The summed E-state index contributed by atoms with van der Waals surface area (Å²) in [6.45, 7) is 4.77. The quantitative estimate of drug-likeness (QED) is 0.318. The number of nitrogens with zero attached hydrogens (tertiary/aromatic N) is 5. The molecule has 0 saturated carbocycles. The fourth-order valence-corrected chi connectivity index (χ4v) is 2.69. The number of aliphatic imine (C=N–C) groups is 1. The van der Waals surface area contributed by atoms with Gasteiger partial charge in [0.2, 0.25) is 11.9 Å². The van der Waals surface area contributed by atoms with Crippen molar-refractivity contribution in [2.24, 2.45) is 4.99 Å². The number of rotatable bonds is 7. The van der Waals surface area contributed by atoms with Gasteiger partial charge in [-0.1, -0.05) is 0 Å². The molecule has 0 aromatic carbocycles. The number of carbonyl (C=O) groups excluding carboxylic acids is 1. The molecule has 1 fully saturated rings. The molecule has 1 aromatic rings. The van der Waals surface area contributed by atoms with Gasteiger partial charge in [-0.3, -0.25) is 9.79 Å². The van der Waals surface area contributed by atoms with Crippen molar-refractivity contribution in [3.05, 3.63) is 18.5 Å². The summed E-state index contributed by atoms with van der Waals surface area (Å²) in [5, 5.41) is 5.78. The minimum Gasteiger partial charge on any atom is -0.357 e. The molecule has 2 rings (SSSR count). The van der Waals surface area contributed by atoms with E-state index < -0.39 is 12.6 Å². The Bertz CT molecular complexity index is 638. The van der Waals surface area contributed by atoms with Crippen molar-refractivity contribution in [1.29, 1.82) is 0 Å². The molecular formula is C17H27F3IN7O. The van der Waals surface area contributed by atoms with Gasteiger partial charge < -0.3 is 20.4 Å². The highest BCUT2D eigenvalue weighted by molar-refractivity contribution is 14.0. The number of hydrogen-bond acceptors (Lipinski definition) is 5. The van der Waals surface area contributed by atoms with E-state index in [2.05, 4.69) is 25.6 Å². The lowest BCUT2D eigenvalue weighted by Crippen LogP contribution is -2.50. The molecule has 0 unspecified atom stereocenters. The Morgan fingerprint density at radius 2 is 1.83 bits per heavy atom. The van der Waals surface area contributed by atoms with Crippen LogP contribution in [0.4, 0.5) is 19.1 Å². The summed E-state index contributed by atoms with van der Waals surface area (Å²) in [5.74, 6) is 0.930. The van der Waals surface area contributed by atoms with Crippen LogP contribution >= 0.6 is 24.0 Å². The van der Waals surface area contributed by atoms with Crippen LogP contribution in [0.2, 0.25) is 0 Å². The number of aromatic nitrogens is 2. The van der Waals surface area contributed by atoms with Crippen molar-refractivity contribution < 1.29 is 18.0 Å². The van der Waals surface area contributed by atoms with E-state index in [4.69, 9.17) is 0 Å². The van der Waals surface area contributed by atoms with Crippen LogP contribution in [0, 0.1) is 0 Å². The molecule has 12 heteroatoms. The van der Waals surface area contributed by atoms with Gasteiger partial charge in [0.25, 0.3) is 0 Å². The standard InChI is InChI=1S/C17H26F3N7O.HI/c1-2-21-15(23-9-5-17(18,19)20)22-8-4-14(28)26-10-12-27(13-11-26)16-24-6-3-7-25-16;/h3,6-7H,2,4-5,8-13H2,1H3,(H2,21,22,23);1H. The van der Waals surface area contributed by atoms with Crippen molar-refractivity contribution in [2.45, 2.75) is 25.9 Å². The van der Waals surface area contributed by atoms with Crippen LogP contribution in [0.1, 0.15) is 19.8 Å². The van der Waals surface area contributed by atoms with E-state index in [1.54, 1.807) is 23.4 Å². The maximum atomic E-state index is 12.4. The SMILES string of the molecule is CCNC(=NCCC(F)(F)F)NCCC(=O)N1CCN(c2ncccn2)CC1.I. The highest BCUT2D eigenvalue weighted by Gasteiger charge is 2.26.